The fraction of sp³-hybridized carbons (Fsp3) is 0.450. The van der Waals surface area contributed by atoms with Crippen molar-refractivity contribution in [3.05, 3.63) is 40.4 Å². The number of hydrogen-bond donors (Lipinski definition) is 2. The normalized spacial score (nSPS) is 13.1. The second kappa shape index (κ2) is 9.31. The highest BCUT2D eigenvalue weighted by atomic mass is 16.5. The lowest BCUT2D eigenvalue weighted by Gasteiger charge is -2.12. The SMILES string of the molecule is CCCNC(=O)NC(=O)COC(=O)CCc1nc2ccccc2c(=O)n1C1CC1. The van der Waals surface area contributed by atoms with E-state index in [9.17, 15) is 19.2 Å². The van der Waals surface area contributed by atoms with Gasteiger partial charge in [0.1, 0.15) is 5.82 Å². The molecular formula is C20H24N4O5. The van der Waals surface area contributed by atoms with E-state index in [0.29, 0.717) is 23.3 Å². The van der Waals surface area contributed by atoms with Gasteiger partial charge < -0.3 is 10.1 Å². The summed E-state index contributed by atoms with van der Waals surface area (Å²) in [7, 11) is 0. The number of carbonyl (C=O) groups is 3. The molecule has 3 rings (SSSR count). The Kier molecular flexibility index (Phi) is 6.58. The molecule has 0 saturated heterocycles. The van der Waals surface area contributed by atoms with E-state index in [1.165, 1.54) is 0 Å². The Morgan fingerprint density at radius 2 is 2.00 bits per heavy atom. The van der Waals surface area contributed by atoms with E-state index in [-0.39, 0.29) is 24.4 Å². The lowest BCUT2D eigenvalue weighted by Crippen LogP contribution is -2.41. The van der Waals surface area contributed by atoms with Gasteiger partial charge in [-0.1, -0.05) is 19.1 Å². The van der Waals surface area contributed by atoms with Gasteiger partial charge in [-0.3, -0.25) is 24.3 Å². The van der Waals surface area contributed by atoms with Crippen LogP contribution in [-0.4, -0.2) is 40.6 Å². The van der Waals surface area contributed by atoms with Gasteiger partial charge in [0.25, 0.3) is 11.5 Å². The van der Waals surface area contributed by atoms with Gasteiger partial charge in [-0.15, -0.1) is 0 Å². The molecule has 3 amide bonds. The molecule has 9 heteroatoms. The van der Waals surface area contributed by atoms with E-state index >= 15 is 0 Å². The second-order valence-corrected chi connectivity index (χ2v) is 6.92. The number of amides is 3. The van der Waals surface area contributed by atoms with Gasteiger partial charge >= 0.3 is 12.0 Å². The number of carbonyl (C=O) groups excluding carboxylic acids is 3. The van der Waals surface area contributed by atoms with Gasteiger partial charge in [-0.05, 0) is 31.4 Å². The third-order valence-corrected chi connectivity index (χ3v) is 4.50. The highest BCUT2D eigenvalue weighted by Gasteiger charge is 2.28. The Morgan fingerprint density at radius 3 is 2.72 bits per heavy atom. The topological polar surface area (TPSA) is 119 Å². The summed E-state index contributed by atoms with van der Waals surface area (Å²) >= 11 is 0. The van der Waals surface area contributed by atoms with Gasteiger partial charge in [0.05, 0.1) is 17.3 Å². The van der Waals surface area contributed by atoms with Gasteiger partial charge in [0.15, 0.2) is 6.61 Å². The van der Waals surface area contributed by atoms with Crippen LogP contribution in [0.1, 0.15) is 44.5 Å². The first-order valence-corrected chi connectivity index (χ1v) is 9.73. The molecular weight excluding hydrogens is 376 g/mol. The van der Waals surface area contributed by atoms with Crippen LogP contribution in [-0.2, 0) is 20.7 Å². The molecule has 154 valence electrons. The van der Waals surface area contributed by atoms with Crippen LogP contribution in [0.5, 0.6) is 0 Å². The average Bonchev–Trinajstić information content (AvgIpc) is 3.54. The summed E-state index contributed by atoms with van der Waals surface area (Å²) in [4.78, 5) is 52.4. The quantitative estimate of drug-likeness (QED) is 0.647. The molecule has 9 nitrogen and oxygen atoms in total. The number of rotatable bonds is 8. The zero-order chi connectivity index (χ0) is 20.8. The Labute approximate surface area is 167 Å². The molecule has 0 unspecified atom stereocenters. The minimum atomic E-state index is -0.703. The van der Waals surface area contributed by atoms with Crippen molar-refractivity contribution >= 4 is 28.8 Å². The molecule has 1 aromatic carbocycles. The number of fused-ring (bicyclic) bond motifs is 1. The number of aromatic nitrogens is 2. The van der Waals surface area contributed by atoms with Crippen LogP contribution >= 0.6 is 0 Å². The fourth-order valence-electron chi connectivity index (χ4n) is 2.96. The van der Waals surface area contributed by atoms with Crippen molar-refractivity contribution in [1.29, 1.82) is 0 Å². The molecule has 0 atom stereocenters. The van der Waals surface area contributed by atoms with Crippen LogP contribution in [0.3, 0.4) is 0 Å². The third-order valence-electron chi connectivity index (χ3n) is 4.50. The first-order chi connectivity index (χ1) is 14.0. The van der Waals surface area contributed by atoms with Crippen molar-refractivity contribution in [3.63, 3.8) is 0 Å². The maximum Gasteiger partial charge on any atom is 0.321 e. The van der Waals surface area contributed by atoms with E-state index in [0.717, 1.165) is 19.3 Å². The summed E-state index contributed by atoms with van der Waals surface area (Å²) in [5.74, 6) is -0.763. The van der Waals surface area contributed by atoms with Crippen LogP contribution in [0.2, 0.25) is 0 Å². The zero-order valence-electron chi connectivity index (χ0n) is 16.3. The standard InChI is InChI=1S/C20H24N4O5/c1-2-11-21-20(28)23-17(25)12-29-18(26)10-9-16-22-15-6-4-3-5-14(15)19(27)24(16)13-7-8-13/h3-6,13H,2,7-12H2,1H3,(H2,21,23,25,28). The average molecular weight is 400 g/mol. The summed E-state index contributed by atoms with van der Waals surface area (Å²) in [6, 6.07) is 6.62. The molecule has 1 fully saturated rings. The Bertz CT molecular complexity index is 980. The largest absolute Gasteiger partial charge is 0.456 e. The van der Waals surface area contributed by atoms with Crippen LogP contribution in [0.4, 0.5) is 4.79 Å². The number of para-hydroxylation sites is 1. The van der Waals surface area contributed by atoms with Gasteiger partial charge in [-0.25, -0.2) is 9.78 Å². The van der Waals surface area contributed by atoms with Gasteiger partial charge in [0.2, 0.25) is 0 Å². The molecule has 29 heavy (non-hydrogen) atoms. The first kappa shape index (κ1) is 20.5. The van der Waals surface area contributed by atoms with Crippen molar-refractivity contribution in [2.24, 2.45) is 0 Å². The highest BCUT2D eigenvalue weighted by Crippen LogP contribution is 2.34. The Morgan fingerprint density at radius 1 is 1.24 bits per heavy atom. The molecule has 1 aliphatic carbocycles. The summed E-state index contributed by atoms with van der Waals surface area (Å²) in [5.41, 5.74) is 0.495. The lowest BCUT2D eigenvalue weighted by atomic mass is 10.2. The lowest BCUT2D eigenvalue weighted by molar-refractivity contribution is -0.148. The summed E-state index contributed by atoms with van der Waals surface area (Å²) in [6.07, 6.45) is 2.78. The molecule has 0 aliphatic heterocycles. The Hall–Kier alpha value is -3.23. The number of esters is 1. The minimum absolute atomic E-state index is 0.0210. The highest BCUT2D eigenvalue weighted by molar-refractivity contribution is 5.95. The molecule has 1 saturated carbocycles. The summed E-state index contributed by atoms with van der Waals surface area (Å²) in [6.45, 7) is 1.79. The van der Waals surface area contributed by atoms with Gasteiger partial charge in [-0.2, -0.15) is 0 Å². The molecule has 0 spiro atoms. The van der Waals surface area contributed by atoms with E-state index in [1.54, 1.807) is 22.8 Å². The first-order valence-electron chi connectivity index (χ1n) is 9.73. The van der Waals surface area contributed by atoms with Crippen LogP contribution < -0.4 is 16.2 Å². The predicted octanol–water partition coefficient (Wildman–Crippen LogP) is 1.44. The van der Waals surface area contributed by atoms with E-state index in [1.807, 2.05) is 13.0 Å². The molecule has 1 aromatic heterocycles. The molecule has 1 aliphatic rings. The van der Waals surface area contributed by atoms with Crippen LogP contribution in [0.15, 0.2) is 29.1 Å². The van der Waals surface area contributed by atoms with Crippen molar-refractivity contribution in [2.75, 3.05) is 13.2 Å². The van der Waals surface area contributed by atoms with Crippen LogP contribution in [0.25, 0.3) is 10.9 Å². The number of urea groups is 1. The number of benzene rings is 1. The van der Waals surface area contributed by atoms with E-state index < -0.39 is 24.5 Å². The van der Waals surface area contributed by atoms with E-state index in [4.69, 9.17) is 4.74 Å². The molecule has 2 N–H and O–H groups in total. The van der Waals surface area contributed by atoms with E-state index in [2.05, 4.69) is 15.6 Å². The van der Waals surface area contributed by atoms with Gasteiger partial charge in [0, 0.05) is 19.0 Å². The molecule has 1 heterocycles. The van der Waals surface area contributed by atoms with Crippen molar-refractivity contribution in [2.45, 2.75) is 45.1 Å². The summed E-state index contributed by atoms with van der Waals surface area (Å²) < 4.78 is 6.59. The predicted molar refractivity (Wildman–Crippen MR) is 105 cm³/mol. The molecule has 0 radical (unpaired) electrons. The van der Waals surface area contributed by atoms with Crippen molar-refractivity contribution < 1.29 is 19.1 Å². The third kappa shape index (κ3) is 5.40. The molecule has 0 bridgehead atoms. The number of ether oxygens (including phenoxy) is 1. The maximum absolute atomic E-state index is 12.8. The monoisotopic (exact) mass is 400 g/mol. The number of imide groups is 1. The smallest absolute Gasteiger partial charge is 0.321 e. The fourth-order valence-corrected chi connectivity index (χ4v) is 2.96. The molecule has 2 aromatic rings. The maximum atomic E-state index is 12.8. The van der Waals surface area contributed by atoms with Crippen molar-refractivity contribution in [1.82, 2.24) is 20.2 Å². The van der Waals surface area contributed by atoms with Crippen molar-refractivity contribution in [3.8, 4) is 0 Å². The Balaban J connectivity index is 1.57. The summed E-state index contributed by atoms with van der Waals surface area (Å²) in [5, 5.41) is 5.13. The number of nitrogens with zero attached hydrogens (tertiary/aromatic N) is 2. The number of hydrogen-bond acceptors (Lipinski definition) is 6. The van der Waals surface area contributed by atoms with Crippen LogP contribution in [0, 0.1) is 0 Å². The zero-order valence-corrected chi connectivity index (χ0v) is 16.3. The minimum Gasteiger partial charge on any atom is -0.456 e. The number of aryl methyl sites for hydroxylation is 1. The second-order valence-electron chi connectivity index (χ2n) is 6.92. The number of nitrogens with one attached hydrogen (secondary N) is 2.